The number of fused-ring (bicyclic) bond motifs is 2. The van der Waals surface area contributed by atoms with E-state index in [4.69, 9.17) is 11.6 Å². The average Bonchev–Trinajstić information content (AvgIpc) is 2.82. The van der Waals surface area contributed by atoms with Crippen LogP contribution in [0, 0.1) is 5.92 Å². The molecule has 2 bridgehead atoms. The third-order valence-electron chi connectivity index (χ3n) is 3.41. The number of aromatic nitrogens is 1. The number of thiazole rings is 1. The maximum absolute atomic E-state index is 5.81. The molecule has 0 aromatic carbocycles. The fourth-order valence-corrected chi connectivity index (χ4v) is 3.78. The summed E-state index contributed by atoms with van der Waals surface area (Å²) in [4.78, 5) is 7.98. The van der Waals surface area contributed by atoms with Crippen molar-refractivity contribution >= 4 is 22.9 Å². The van der Waals surface area contributed by atoms with Gasteiger partial charge < -0.3 is 0 Å². The number of nitrogens with zero attached hydrogens (tertiary/aromatic N) is 2. The molecule has 14 heavy (non-hydrogen) atoms. The van der Waals surface area contributed by atoms with Crippen LogP contribution < -0.4 is 0 Å². The maximum Gasteiger partial charge on any atom is 0.183 e. The SMILES string of the molecule is Clc1ncc(CN2CC3CCC2C3)s1. The van der Waals surface area contributed by atoms with E-state index in [1.54, 1.807) is 11.3 Å². The lowest BCUT2D eigenvalue weighted by Crippen LogP contribution is -2.31. The molecule has 0 radical (unpaired) electrons. The Kier molecular flexibility index (Phi) is 2.26. The summed E-state index contributed by atoms with van der Waals surface area (Å²) in [6, 6.07) is 0.848. The average molecular weight is 229 g/mol. The zero-order chi connectivity index (χ0) is 9.54. The molecule has 2 aliphatic rings. The second kappa shape index (κ2) is 3.47. The van der Waals surface area contributed by atoms with Crippen LogP contribution in [0.1, 0.15) is 24.1 Å². The van der Waals surface area contributed by atoms with E-state index in [1.165, 1.54) is 30.7 Å². The molecule has 2 atom stereocenters. The molecule has 1 aliphatic heterocycles. The minimum Gasteiger partial charge on any atom is -0.295 e. The number of piperidine rings is 1. The molecule has 1 saturated heterocycles. The molecule has 1 aromatic rings. The van der Waals surface area contributed by atoms with Crippen molar-refractivity contribution in [1.29, 1.82) is 0 Å². The zero-order valence-corrected chi connectivity index (χ0v) is 9.52. The first kappa shape index (κ1) is 9.13. The van der Waals surface area contributed by atoms with Crippen molar-refractivity contribution in [2.24, 2.45) is 5.92 Å². The lowest BCUT2D eigenvalue weighted by molar-refractivity contribution is 0.207. The summed E-state index contributed by atoms with van der Waals surface area (Å²) in [6.07, 6.45) is 6.19. The zero-order valence-electron chi connectivity index (χ0n) is 7.95. The Morgan fingerprint density at radius 1 is 1.57 bits per heavy atom. The lowest BCUT2D eigenvalue weighted by atomic mass is 10.1. The van der Waals surface area contributed by atoms with Gasteiger partial charge in [0.05, 0.1) is 0 Å². The van der Waals surface area contributed by atoms with Crippen molar-refractivity contribution in [2.75, 3.05) is 6.54 Å². The third-order valence-corrected chi connectivity index (χ3v) is 4.51. The van der Waals surface area contributed by atoms with Gasteiger partial charge in [-0.05, 0) is 25.2 Å². The first-order valence-corrected chi connectivity index (χ1v) is 6.35. The Hall–Kier alpha value is -0.120. The van der Waals surface area contributed by atoms with Gasteiger partial charge in [-0.1, -0.05) is 11.6 Å². The van der Waals surface area contributed by atoms with Crippen LogP contribution in [0.3, 0.4) is 0 Å². The Balaban J connectivity index is 1.68. The number of halogens is 1. The van der Waals surface area contributed by atoms with Gasteiger partial charge in [0.15, 0.2) is 4.47 Å². The first-order valence-electron chi connectivity index (χ1n) is 5.15. The van der Waals surface area contributed by atoms with Gasteiger partial charge in [-0.2, -0.15) is 0 Å². The van der Waals surface area contributed by atoms with Crippen molar-refractivity contribution < 1.29 is 0 Å². The Labute approximate surface area is 92.9 Å². The fraction of sp³-hybridized carbons (Fsp3) is 0.700. The van der Waals surface area contributed by atoms with E-state index < -0.39 is 0 Å². The van der Waals surface area contributed by atoms with Crippen LogP contribution in [0.4, 0.5) is 0 Å². The summed E-state index contributed by atoms with van der Waals surface area (Å²) in [5.74, 6) is 0.975. The van der Waals surface area contributed by atoms with Gasteiger partial charge in [0, 0.05) is 30.2 Å². The Bertz CT molecular complexity index is 339. The highest BCUT2D eigenvalue weighted by Crippen LogP contribution is 2.38. The highest BCUT2D eigenvalue weighted by Gasteiger charge is 2.37. The van der Waals surface area contributed by atoms with Crippen LogP contribution in [-0.2, 0) is 6.54 Å². The predicted octanol–water partition coefficient (Wildman–Crippen LogP) is 2.78. The van der Waals surface area contributed by atoms with Crippen LogP contribution in [0.25, 0.3) is 0 Å². The molecular weight excluding hydrogens is 216 g/mol. The minimum atomic E-state index is 0.671. The van der Waals surface area contributed by atoms with Crippen LogP contribution in [0.2, 0.25) is 4.47 Å². The van der Waals surface area contributed by atoms with E-state index in [2.05, 4.69) is 9.88 Å². The van der Waals surface area contributed by atoms with Crippen LogP contribution in [-0.4, -0.2) is 22.5 Å². The molecule has 1 aromatic heterocycles. The summed E-state index contributed by atoms with van der Waals surface area (Å²) >= 11 is 7.43. The molecule has 76 valence electrons. The van der Waals surface area contributed by atoms with E-state index in [0.717, 1.165) is 18.5 Å². The quantitative estimate of drug-likeness (QED) is 0.774. The molecule has 1 saturated carbocycles. The molecule has 2 heterocycles. The second-order valence-electron chi connectivity index (χ2n) is 4.34. The molecule has 1 aliphatic carbocycles. The van der Waals surface area contributed by atoms with Crippen LogP contribution >= 0.6 is 22.9 Å². The molecule has 2 nitrogen and oxygen atoms in total. The highest BCUT2D eigenvalue weighted by atomic mass is 35.5. The molecule has 0 amide bonds. The number of likely N-dealkylation sites (tertiary alicyclic amines) is 1. The van der Waals surface area contributed by atoms with Gasteiger partial charge in [0.1, 0.15) is 0 Å². The summed E-state index contributed by atoms with van der Waals surface area (Å²) < 4.78 is 0.671. The summed E-state index contributed by atoms with van der Waals surface area (Å²) in [7, 11) is 0. The Morgan fingerprint density at radius 2 is 2.50 bits per heavy atom. The fourth-order valence-electron chi connectivity index (χ4n) is 2.78. The molecule has 0 N–H and O–H groups in total. The van der Waals surface area contributed by atoms with Gasteiger partial charge in [0.2, 0.25) is 0 Å². The van der Waals surface area contributed by atoms with Crippen molar-refractivity contribution in [3.63, 3.8) is 0 Å². The predicted molar refractivity (Wildman–Crippen MR) is 58.7 cm³/mol. The normalized spacial score (nSPS) is 31.5. The molecular formula is C10H13ClN2S. The van der Waals surface area contributed by atoms with Gasteiger partial charge in [0.25, 0.3) is 0 Å². The van der Waals surface area contributed by atoms with Gasteiger partial charge in [-0.15, -0.1) is 11.3 Å². The van der Waals surface area contributed by atoms with E-state index in [0.29, 0.717) is 4.47 Å². The topological polar surface area (TPSA) is 16.1 Å². The van der Waals surface area contributed by atoms with Crippen molar-refractivity contribution in [3.05, 3.63) is 15.5 Å². The number of hydrogen-bond acceptors (Lipinski definition) is 3. The van der Waals surface area contributed by atoms with Gasteiger partial charge in [-0.25, -0.2) is 4.98 Å². The van der Waals surface area contributed by atoms with Gasteiger partial charge >= 0.3 is 0 Å². The number of hydrogen-bond donors (Lipinski definition) is 0. The van der Waals surface area contributed by atoms with Crippen LogP contribution in [0.5, 0.6) is 0 Å². The number of rotatable bonds is 2. The smallest absolute Gasteiger partial charge is 0.183 e. The molecule has 0 spiro atoms. The van der Waals surface area contributed by atoms with Crippen molar-refractivity contribution in [2.45, 2.75) is 31.8 Å². The molecule has 4 heteroatoms. The summed E-state index contributed by atoms with van der Waals surface area (Å²) in [5.41, 5.74) is 0. The second-order valence-corrected chi connectivity index (χ2v) is 6.04. The van der Waals surface area contributed by atoms with E-state index in [1.807, 2.05) is 6.20 Å². The van der Waals surface area contributed by atoms with E-state index in [9.17, 15) is 0 Å². The van der Waals surface area contributed by atoms with E-state index >= 15 is 0 Å². The summed E-state index contributed by atoms with van der Waals surface area (Å²) in [6.45, 7) is 2.35. The molecule has 2 unspecified atom stereocenters. The minimum absolute atomic E-state index is 0.671. The lowest BCUT2D eigenvalue weighted by Gasteiger charge is -2.25. The summed E-state index contributed by atoms with van der Waals surface area (Å²) in [5, 5.41) is 0. The Morgan fingerprint density at radius 3 is 3.07 bits per heavy atom. The first-order chi connectivity index (χ1) is 6.81. The monoisotopic (exact) mass is 228 g/mol. The standard InChI is InChI=1S/C10H13ClN2S/c11-10-12-4-9(14-10)6-13-5-7-1-2-8(13)3-7/h4,7-8H,1-3,5-6H2. The molecule has 3 rings (SSSR count). The van der Waals surface area contributed by atoms with E-state index in [-0.39, 0.29) is 0 Å². The van der Waals surface area contributed by atoms with Gasteiger partial charge in [-0.3, -0.25) is 4.90 Å². The third kappa shape index (κ3) is 1.58. The molecule has 2 fully saturated rings. The van der Waals surface area contributed by atoms with Crippen molar-refractivity contribution in [3.8, 4) is 0 Å². The maximum atomic E-state index is 5.81. The highest BCUT2D eigenvalue weighted by molar-refractivity contribution is 7.15. The van der Waals surface area contributed by atoms with Crippen LogP contribution in [0.15, 0.2) is 6.20 Å². The largest absolute Gasteiger partial charge is 0.295 e. The van der Waals surface area contributed by atoms with Crippen molar-refractivity contribution in [1.82, 2.24) is 9.88 Å².